The number of rotatable bonds is 8. The fraction of sp³-hybridized carbons (Fsp3) is 0.387. The van der Waals surface area contributed by atoms with Crippen molar-refractivity contribution in [3.63, 3.8) is 0 Å². The van der Waals surface area contributed by atoms with E-state index in [0.29, 0.717) is 22.9 Å². The number of primary amides is 1. The third kappa shape index (κ3) is 6.82. The summed E-state index contributed by atoms with van der Waals surface area (Å²) in [6.45, 7) is 8.89. The number of hydrogen-bond donors (Lipinski definition) is 4. The van der Waals surface area contributed by atoms with E-state index in [1.54, 1.807) is 39.0 Å². The van der Waals surface area contributed by atoms with Crippen molar-refractivity contribution < 1.29 is 43.2 Å². The van der Waals surface area contributed by atoms with Crippen molar-refractivity contribution >= 4 is 28.7 Å². The van der Waals surface area contributed by atoms with Crippen LogP contribution in [0.2, 0.25) is 0 Å². The van der Waals surface area contributed by atoms with Gasteiger partial charge in [-0.2, -0.15) is 0 Å². The van der Waals surface area contributed by atoms with Crippen LogP contribution in [0.4, 0.5) is 10.5 Å². The molecule has 1 aliphatic rings. The number of fused-ring (bicyclic) bond motifs is 1. The van der Waals surface area contributed by atoms with Gasteiger partial charge in [-0.15, -0.1) is 0 Å². The first-order chi connectivity index (χ1) is 20.2. The number of aliphatic hydroxyl groups is 1. The molecular weight excluding hydrogens is 560 g/mol. The van der Waals surface area contributed by atoms with Crippen molar-refractivity contribution in [3.05, 3.63) is 75.2 Å². The second-order valence-electron chi connectivity index (χ2n) is 11.1. The van der Waals surface area contributed by atoms with E-state index >= 15 is 0 Å². The Morgan fingerprint density at radius 3 is 2.53 bits per heavy atom. The molecule has 4 atom stereocenters. The summed E-state index contributed by atoms with van der Waals surface area (Å²) in [6, 6.07) is 9.15. The number of phenols is 1. The maximum Gasteiger partial charge on any atom is 0.404 e. The first kappa shape index (κ1) is 31.5. The predicted molar refractivity (Wildman–Crippen MR) is 157 cm³/mol. The van der Waals surface area contributed by atoms with E-state index in [1.807, 2.05) is 19.9 Å². The van der Waals surface area contributed by atoms with Crippen LogP contribution in [0.15, 0.2) is 57.3 Å². The Labute approximate surface area is 248 Å². The first-order valence-electron chi connectivity index (χ1n) is 13.6. The zero-order chi connectivity index (χ0) is 31.6. The molecule has 2 amide bonds. The van der Waals surface area contributed by atoms with Crippen LogP contribution in [0.5, 0.6) is 11.5 Å². The SMILES string of the molecule is CO[C@@H]1[C@@H](OC(N)=O)[C@@H](O)[C@H](Oc2ccc3cc(NC(=O)c4ccc(O)c(CC=C(C)C)c4)c(=O)oc3c2C)OC1(C)C. The lowest BCUT2D eigenvalue weighted by Gasteiger charge is -2.47. The Balaban J connectivity index is 1.58. The second-order valence-corrected chi connectivity index (χ2v) is 11.1. The molecular formula is C31H36N2O10. The van der Waals surface area contributed by atoms with Crippen molar-refractivity contribution in [1.29, 1.82) is 0 Å². The van der Waals surface area contributed by atoms with Crippen LogP contribution in [0.3, 0.4) is 0 Å². The van der Waals surface area contributed by atoms with Gasteiger partial charge in [0.05, 0.1) is 5.60 Å². The topological polar surface area (TPSA) is 180 Å². The van der Waals surface area contributed by atoms with E-state index in [4.69, 9.17) is 29.1 Å². The van der Waals surface area contributed by atoms with E-state index in [0.717, 1.165) is 5.57 Å². The number of carbonyl (C=O) groups excluding carboxylic acids is 2. The molecule has 0 saturated carbocycles. The van der Waals surface area contributed by atoms with Crippen LogP contribution < -0.4 is 21.4 Å². The molecule has 2 aromatic carbocycles. The Kier molecular flexibility index (Phi) is 9.14. The molecule has 0 spiro atoms. The van der Waals surface area contributed by atoms with Gasteiger partial charge in [0.1, 0.15) is 28.9 Å². The molecule has 0 unspecified atom stereocenters. The number of amides is 2. The first-order valence-corrected chi connectivity index (χ1v) is 13.6. The number of ether oxygens (including phenoxy) is 4. The van der Waals surface area contributed by atoms with Gasteiger partial charge in [0.25, 0.3) is 5.91 Å². The number of aliphatic hydroxyl groups excluding tert-OH is 1. The summed E-state index contributed by atoms with van der Waals surface area (Å²) < 4.78 is 28.0. The highest BCUT2D eigenvalue weighted by Crippen LogP contribution is 2.36. The molecule has 0 bridgehead atoms. The number of allylic oxidation sites excluding steroid dienone is 2. The van der Waals surface area contributed by atoms with Gasteiger partial charge in [0.2, 0.25) is 6.29 Å². The number of aromatic hydroxyl groups is 1. The molecule has 1 aliphatic heterocycles. The molecule has 0 radical (unpaired) electrons. The van der Waals surface area contributed by atoms with Gasteiger partial charge >= 0.3 is 11.7 Å². The van der Waals surface area contributed by atoms with Crippen LogP contribution >= 0.6 is 0 Å². The second kappa shape index (κ2) is 12.5. The molecule has 43 heavy (non-hydrogen) atoms. The van der Waals surface area contributed by atoms with Crippen molar-refractivity contribution in [2.75, 3.05) is 12.4 Å². The minimum atomic E-state index is -1.47. The van der Waals surface area contributed by atoms with Crippen molar-refractivity contribution in [1.82, 2.24) is 0 Å². The van der Waals surface area contributed by atoms with Gasteiger partial charge in [-0.25, -0.2) is 9.59 Å². The average molecular weight is 597 g/mol. The summed E-state index contributed by atoms with van der Waals surface area (Å²) in [6.07, 6.45) is -3.50. The number of hydrogen-bond acceptors (Lipinski definition) is 10. The van der Waals surface area contributed by atoms with Gasteiger partial charge in [0.15, 0.2) is 12.2 Å². The van der Waals surface area contributed by atoms with Crippen LogP contribution in [0, 0.1) is 6.92 Å². The van der Waals surface area contributed by atoms with E-state index in [1.165, 1.54) is 25.3 Å². The average Bonchev–Trinajstić information content (AvgIpc) is 2.92. The van der Waals surface area contributed by atoms with Gasteiger partial charge in [-0.1, -0.05) is 11.6 Å². The monoisotopic (exact) mass is 596 g/mol. The van der Waals surface area contributed by atoms with Gasteiger partial charge < -0.3 is 44.6 Å². The smallest absolute Gasteiger partial charge is 0.404 e. The maximum absolute atomic E-state index is 13.0. The molecule has 12 heteroatoms. The molecule has 1 fully saturated rings. The van der Waals surface area contributed by atoms with E-state index < -0.39 is 47.8 Å². The van der Waals surface area contributed by atoms with Crippen LogP contribution in [0.25, 0.3) is 11.0 Å². The number of aryl methyl sites for hydroxylation is 1. The van der Waals surface area contributed by atoms with Gasteiger partial charge in [-0.05, 0) is 83.0 Å². The number of nitrogens with two attached hydrogens (primary N) is 1. The number of phenolic OH excluding ortho intramolecular Hbond substituents is 1. The lowest BCUT2D eigenvalue weighted by atomic mass is 9.89. The molecule has 4 rings (SSSR count). The highest BCUT2D eigenvalue weighted by molar-refractivity contribution is 6.05. The molecule has 1 saturated heterocycles. The molecule has 230 valence electrons. The molecule has 3 aromatic rings. The fourth-order valence-corrected chi connectivity index (χ4v) is 4.99. The minimum absolute atomic E-state index is 0.0666. The maximum atomic E-state index is 13.0. The number of benzene rings is 2. The van der Waals surface area contributed by atoms with E-state index in [9.17, 15) is 24.6 Å². The number of methoxy groups -OCH3 is 1. The fourth-order valence-electron chi connectivity index (χ4n) is 4.99. The van der Waals surface area contributed by atoms with Crippen LogP contribution in [-0.4, -0.2) is 59.5 Å². The Morgan fingerprint density at radius 2 is 1.88 bits per heavy atom. The largest absolute Gasteiger partial charge is 0.508 e. The van der Waals surface area contributed by atoms with E-state index in [2.05, 4.69) is 5.32 Å². The number of anilines is 1. The minimum Gasteiger partial charge on any atom is -0.508 e. The lowest BCUT2D eigenvalue weighted by Crippen LogP contribution is -2.65. The molecule has 1 aromatic heterocycles. The summed E-state index contributed by atoms with van der Waals surface area (Å²) in [7, 11) is 1.39. The molecule has 5 N–H and O–H groups in total. The zero-order valence-corrected chi connectivity index (χ0v) is 24.8. The van der Waals surface area contributed by atoms with Gasteiger partial charge in [-0.3, -0.25) is 4.79 Å². The van der Waals surface area contributed by atoms with Crippen molar-refractivity contribution in [3.8, 4) is 11.5 Å². The normalized spacial score (nSPS) is 21.2. The van der Waals surface area contributed by atoms with Crippen LogP contribution in [-0.2, 0) is 20.6 Å². The quantitative estimate of drug-likeness (QED) is 0.220. The van der Waals surface area contributed by atoms with Gasteiger partial charge in [0, 0.05) is 23.6 Å². The zero-order valence-electron chi connectivity index (χ0n) is 24.8. The summed E-state index contributed by atoms with van der Waals surface area (Å²) >= 11 is 0. The predicted octanol–water partition coefficient (Wildman–Crippen LogP) is 3.92. The standard InChI is InChI=1S/C31H36N2O10/c1-15(2)7-8-17-13-19(9-11-21(17)34)27(36)33-20-14-18-10-12-22(16(3)24(18)41-28(20)37)40-29-23(35)25(42-30(32)38)26(39-6)31(4,5)43-29/h7,9-14,23,25-26,29,34-35H,8H2,1-6H3,(H2,32,38)(H,33,36)/t23-,25+,26-,29-/m1/s1. The summed E-state index contributed by atoms with van der Waals surface area (Å²) in [5, 5.41) is 24.2. The highest BCUT2D eigenvalue weighted by atomic mass is 16.7. The van der Waals surface area contributed by atoms with Crippen molar-refractivity contribution in [2.45, 2.75) is 71.2 Å². The number of carbonyl (C=O) groups is 2. The van der Waals surface area contributed by atoms with Crippen molar-refractivity contribution in [2.24, 2.45) is 5.73 Å². The summed E-state index contributed by atoms with van der Waals surface area (Å²) in [5.41, 5.74) is 5.81. The van der Waals surface area contributed by atoms with Crippen LogP contribution in [0.1, 0.15) is 49.2 Å². The summed E-state index contributed by atoms with van der Waals surface area (Å²) in [5.74, 6) is -0.249. The Bertz CT molecular complexity index is 1620. The molecule has 0 aliphatic carbocycles. The third-order valence-corrected chi connectivity index (χ3v) is 7.19. The Morgan fingerprint density at radius 1 is 1.16 bits per heavy atom. The van der Waals surface area contributed by atoms with E-state index in [-0.39, 0.29) is 28.3 Å². The third-order valence-electron chi connectivity index (χ3n) is 7.19. The lowest BCUT2D eigenvalue weighted by molar-refractivity contribution is -0.304. The Hall–Kier alpha value is -4.39. The highest BCUT2D eigenvalue weighted by Gasteiger charge is 2.53. The number of nitrogens with one attached hydrogen (secondary N) is 1. The summed E-state index contributed by atoms with van der Waals surface area (Å²) in [4.78, 5) is 37.4. The molecule has 12 nitrogen and oxygen atoms in total. The molecule has 2 heterocycles.